The van der Waals surface area contributed by atoms with Crippen LogP contribution in [-0.2, 0) is 23.6 Å². The second kappa shape index (κ2) is 8.41. The first-order chi connectivity index (χ1) is 13.8. The van der Waals surface area contributed by atoms with E-state index in [9.17, 15) is 19.2 Å². The highest BCUT2D eigenvalue weighted by Crippen LogP contribution is 2.26. The number of anilines is 1. The molecule has 0 unspecified atom stereocenters. The number of esters is 1. The Morgan fingerprint density at radius 3 is 2.41 bits per heavy atom. The maximum Gasteiger partial charge on any atom is 0.340 e. The van der Waals surface area contributed by atoms with Crippen molar-refractivity contribution < 1.29 is 14.3 Å². The number of rotatable bonds is 6. The Morgan fingerprint density at radius 2 is 1.79 bits per heavy atom. The number of aromatic nitrogens is 2. The molecule has 3 aromatic heterocycles. The van der Waals surface area contributed by atoms with Crippen molar-refractivity contribution in [2.24, 2.45) is 14.1 Å². The molecule has 0 aromatic carbocycles. The van der Waals surface area contributed by atoms with E-state index in [1.54, 1.807) is 18.2 Å². The van der Waals surface area contributed by atoms with Gasteiger partial charge in [-0.05, 0) is 29.0 Å². The van der Waals surface area contributed by atoms with Crippen molar-refractivity contribution in [3.05, 3.63) is 71.2 Å². The lowest BCUT2D eigenvalue weighted by molar-refractivity contribution is -0.135. The Bertz CT molecular complexity index is 1200. The van der Waals surface area contributed by atoms with Crippen LogP contribution in [-0.4, -0.2) is 27.5 Å². The number of thiophene rings is 2. The number of carbonyl (C=O) groups is 2. The van der Waals surface area contributed by atoms with Gasteiger partial charge >= 0.3 is 11.7 Å². The number of Topliss-reactive ketones (excluding diaryl/α,β-unsaturated/α-hetero) is 1. The second-order valence-electron chi connectivity index (χ2n) is 6.02. The zero-order chi connectivity index (χ0) is 21.1. The number of nitrogen functional groups attached to an aromatic ring is 1. The Morgan fingerprint density at radius 1 is 1.10 bits per heavy atom. The molecule has 0 atom stereocenters. The average molecular weight is 431 g/mol. The number of nitrogens with zero attached hydrogens (tertiary/aromatic N) is 2. The smallest absolute Gasteiger partial charge is 0.340 e. The number of ketones is 1. The standard InChI is InChI=1S/C19H17N3O5S2/c1-21-16(20)15(17(24)22(2)19(21)26)13(23)10-27-18(25)12(14-6-4-8-29-14)9-11-5-3-7-28-11/h3-9H,10,20H2,1-2H3/b12-9+. The Hall–Kier alpha value is -3.24. The van der Waals surface area contributed by atoms with Gasteiger partial charge in [-0.2, -0.15) is 0 Å². The molecule has 8 nitrogen and oxygen atoms in total. The van der Waals surface area contributed by atoms with E-state index < -0.39 is 29.6 Å². The van der Waals surface area contributed by atoms with E-state index in [1.807, 2.05) is 22.9 Å². The van der Waals surface area contributed by atoms with Gasteiger partial charge in [0, 0.05) is 23.8 Å². The van der Waals surface area contributed by atoms with Crippen LogP contribution >= 0.6 is 22.7 Å². The fraction of sp³-hybridized carbons (Fsp3) is 0.158. The van der Waals surface area contributed by atoms with E-state index in [-0.39, 0.29) is 11.4 Å². The molecule has 0 aliphatic heterocycles. The summed E-state index contributed by atoms with van der Waals surface area (Å²) in [5.41, 5.74) is 4.20. The highest BCUT2D eigenvalue weighted by Gasteiger charge is 2.23. The van der Waals surface area contributed by atoms with Crippen LogP contribution in [0.2, 0.25) is 0 Å². The van der Waals surface area contributed by atoms with Crippen LogP contribution < -0.4 is 17.0 Å². The summed E-state index contributed by atoms with van der Waals surface area (Å²) >= 11 is 2.82. The summed E-state index contributed by atoms with van der Waals surface area (Å²) in [5.74, 6) is -1.75. The van der Waals surface area contributed by atoms with E-state index in [0.29, 0.717) is 10.5 Å². The number of ether oxygens (including phenoxy) is 1. The van der Waals surface area contributed by atoms with Gasteiger partial charge in [-0.15, -0.1) is 22.7 Å². The lowest BCUT2D eigenvalue weighted by Crippen LogP contribution is -2.42. The van der Waals surface area contributed by atoms with Gasteiger partial charge in [-0.1, -0.05) is 12.1 Å². The molecule has 3 rings (SSSR count). The van der Waals surface area contributed by atoms with Gasteiger partial charge in [-0.3, -0.25) is 18.7 Å². The second-order valence-corrected chi connectivity index (χ2v) is 7.94. The van der Waals surface area contributed by atoms with Crippen molar-refractivity contribution in [3.63, 3.8) is 0 Å². The first-order valence-electron chi connectivity index (χ1n) is 8.36. The molecule has 0 bridgehead atoms. The largest absolute Gasteiger partial charge is 0.454 e. The predicted octanol–water partition coefficient (Wildman–Crippen LogP) is 1.76. The minimum atomic E-state index is -0.834. The Balaban J connectivity index is 1.85. The van der Waals surface area contributed by atoms with Gasteiger partial charge in [0.25, 0.3) is 5.56 Å². The number of hydrogen-bond donors (Lipinski definition) is 1. The molecular weight excluding hydrogens is 414 g/mol. The zero-order valence-corrected chi connectivity index (χ0v) is 17.2. The van der Waals surface area contributed by atoms with Crippen LogP contribution in [0, 0.1) is 0 Å². The molecule has 150 valence electrons. The van der Waals surface area contributed by atoms with Crippen LogP contribution in [0.5, 0.6) is 0 Å². The number of nitrogens with two attached hydrogens (primary N) is 1. The zero-order valence-electron chi connectivity index (χ0n) is 15.6. The average Bonchev–Trinajstić information content (AvgIpc) is 3.41. The third kappa shape index (κ3) is 4.13. The molecule has 0 radical (unpaired) electrons. The van der Waals surface area contributed by atoms with E-state index in [0.717, 1.165) is 14.0 Å². The summed E-state index contributed by atoms with van der Waals surface area (Å²) in [7, 11) is 2.59. The predicted molar refractivity (Wildman–Crippen MR) is 113 cm³/mol. The van der Waals surface area contributed by atoms with E-state index >= 15 is 0 Å². The summed E-state index contributed by atoms with van der Waals surface area (Å²) in [6.45, 7) is -0.677. The molecule has 10 heteroatoms. The first-order valence-corrected chi connectivity index (χ1v) is 10.1. The molecule has 29 heavy (non-hydrogen) atoms. The lowest BCUT2D eigenvalue weighted by Gasteiger charge is -2.11. The van der Waals surface area contributed by atoms with Crippen molar-refractivity contribution in [2.45, 2.75) is 0 Å². The Labute approximate surface area is 173 Å². The van der Waals surface area contributed by atoms with Crippen LogP contribution in [0.15, 0.2) is 44.6 Å². The van der Waals surface area contributed by atoms with Gasteiger partial charge in [0.05, 0.1) is 5.57 Å². The summed E-state index contributed by atoms with van der Waals surface area (Å²) in [6.07, 6.45) is 1.68. The van der Waals surface area contributed by atoms with Gasteiger partial charge in [0.1, 0.15) is 11.4 Å². The molecular formula is C19H17N3O5S2. The van der Waals surface area contributed by atoms with Crippen molar-refractivity contribution in [2.75, 3.05) is 12.3 Å². The quantitative estimate of drug-likeness (QED) is 0.361. The highest BCUT2D eigenvalue weighted by atomic mass is 32.1. The third-order valence-electron chi connectivity index (χ3n) is 4.16. The SMILES string of the molecule is Cn1c(N)c(C(=O)COC(=O)/C(=C/c2cccs2)c2cccs2)c(=O)n(C)c1=O. The fourth-order valence-corrected chi connectivity index (χ4v) is 3.97. The number of carbonyl (C=O) groups excluding carboxylic acids is 2. The molecule has 3 aromatic rings. The van der Waals surface area contributed by atoms with E-state index in [2.05, 4.69) is 0 Å². The van der Waals surface area contributed by atoms with Gasteiger partial charge in [0.2, 0.25) is 5.78 Å². The molecule has 0 aliphatic carbocycles. The molecule has 2 N–H and O–H groups in total. The van der Waals surface area contributed by atoms with Gasteiger partial charge < -0.3 is 10.5 Å². The molecule has 0 spiro atoms. The van der Waals surface area contributed by atoms with Crippen LogP contribution in [0.25, 0.3) is 11.6 Å². The number of hydrogen-bond acceptors (Lipinski definition) is 8. The molecule has 0 fully saturated rings. The molecule has 3 heterocycles. The van der Waals surface area contributed by atoms with Crippen molar-refractivity contribution in [1.29, 1.82) is 0 Å². The third-order valence-corrected chi connectivity index (χ3v) is 5.88. The van der Waals surface area contributed by atoms with Crippen LogP contribution in [0.3, 0.4) is 0 Å². The highest BCUT2D eigenvalue weighted by molar-refractivity contribution is 7.12. The summed E-state index contributed by atoms with van der Waals surface area (Å²) in [4.78, 5) is 50.9. The molecule has 0 aliphatic rings. The first kappa shape index (κ1) is 20.5. The van der Waals surface area contributed by atoms with Crippen molar-refractivity contribution >= 4 is 51.9 Å². The van der Waals surface area contributed by atoms with Crippen molar-refractivity contribution in [1.82, 2.24) is 9.13 Å². The maximum absolute atomic E-state index is 12.7. The summed E-state index contributed by atoms with van der Waals surface area (Å²) in [5, 5.41) is 3.70. The topological polar surface area (TPSA) is 113 Å². The minimum absolute atomic E-state index is 0.272. The maximum atomic E-state index is 12.7. The molecule has 0 saturated carbocycles. The van der Waals surface area contributed by atoms with Crippen LogP contribution in [0.4, 0.5) is 5.82 Å². The molecule has 0 saturated heterocycles. The lowest BCUT2D eigenvalue weighted by atomic mass is 10.2. The summed E-state index contributed by atoms with van der Waals surface area (Å²) in [6, 6.07) is 7.28. The van der Waals surface area contributed by atoms with E-state index in [4.69, 9.17) is 10.5 Å². The minimum Gasteiger partial charge on any atom is -0.454 e. The monoisotopic (exact) mass is 431 g/mol. The summed E-state index contributed by atoms with van der Waals surface area (Å²) < 4.78 is 6.94. The van der Waals surface area contributed by atoms with Crippen LogP contribution in [0.1, 0.15) is 20.1 Å². The van der Waals surface area contributed by atoms with Crippen molar-refractivity contribution in [3.8, 4) is 0 Å². The Kier molecular flexibility index (Phi) is 5.95. The molecule has 0 amide bonds. The fourth-order valence-electron chi connectivity index (χ4n) is 2.58. The van der Waals surface area contributed by atoms with Gasteiger partial charge in [0.15, 0.2) is 6.61 Å². The van der Waals surface area contributed by atoms with E-state index in [1.165, 1.54) is 36.8 Å². The normalized spacial score (nSPS) is 11.4. The van der Waals surface area contributed by atoms with Gasteiger partial charge in [-0.25, -0.2) is 9.59 Å².